The Kier molecular flexibility index (Phi) is 6.59. The van der Waals surface area contributed by atoms with Crippen LogP contribution in [0.25, 0.3) is 0 Å². The van der Waals surface area contributed by atoms with E-state index in [1.54, 1.807) is 18.3 Å². The molecule has 0 spiro atoms. The SMILES string of the molecule is O=CN(O)C[C@@]1(c2ccco2)CCCCCCCc2ccnc(n2)NNC1=O. The number of nitrogens with zero attached hydrogens (tertiary/aromatic N) is 3. The summed E-state index contributed by atoms with van der Waals surface area (Å²) in [5.74, 6) is 0.233. The van der Waals surface area contributed by atoms with Crippen molar-refractivity contribution in [1.29, 1.82) is 0 Å². The third-order valence-corrected chi connectivity index (χ3v) is 5.02. The number of hydrazine groups is 1. The maximum absolute atomic E-state index is 13.2. The standard InChI is InChI=1S/C19H25N5O4/c25-14-24(27)13-19(16-8-6-12-28-16)10-5-3-1-2-4-7-15-9-11-20-18(21-15)23-22-17(19)26/h6,8-9,11-12,14,27H,1-5,7,10,13H2,(H,22,26)(H,20,21,23)/t19-/m1/s1. The number of furan rings is 1. The third kappa shape index (κ3) is 4.66. The monoisotopic (exact) mass is 387 g/mol. The first kappa shape index (κ1) is 19.8. The van der Waals surface area contributed by atoms with Gasteiger partial charge < -0.3 is 4.42 Å². The van der Waals surface area contributed by atoms with E-state index in [4.69, 9.17) is 4.42 Å². The molecule has 3 rings (SSSR count). The van der Waals surface area contributed by atoms with Crippen molar-refractivity contribution in [3.63, 3.8) is 0 Å². The van der Waals surface area contributed by atoms with Gasteiger partial charge in [0.2, 0.25) is 12.4 Å². The fourth-order valence-corrected chi connectivity index (χ4v) is 3.53. The van der Waals surface area contributed by atoms with Crippen LogP contribution in [0, 0.1) is 0 Å². The molecule has 9 heteroatoms. The largest absolute Gasteiger partial charge is 0.468 e. The molecule has 2 bridgehead atoms. The molecule has 0 unspecified atom stereocenters. The van der Waals surface area contributed by atoms with Crippen LogP contribution in [0.4, 0.5) is 5.95 Å². The van der Waals surface area contributed by atoms with E-state index in [1.165, 1.54) is 6.26 Å². The molecule has 1 aliphatic rings. The van der Waals surface area contributed by atoms with Crippen molar-refractivity contribution in [2.24, 2.45) is 0 Å². The number of nitrogens with one attached hydrogen (secondary N) is 2. The van der Waals surface area contributed by atoms with Crippen molar-refractivity contribution >= 4 is 18.3 Å². The van der Waals surface area contributed by atoms with Gasteiger partial charge in [0.25, 0.3) is 5.91 Å². The van der Waals surface area contributed by atoms with Gasteiger partial charge in [0.15, 0.2) is 0 Å². The summed E-state index contributed by atoms with van der Waals surface area (Å²) >= 11 is 0. The molecule has 0 aromatic carbocycles. The number of amides is 2. The van der Waals surface area contributed by atoms with Gasteiger partial charge in [-0.25, -0.2) is 15.0 Å². The second kappa shape index (κ2) is 9.32. The summed E-state index contributed by atoms with van der Waals surface area (Å²) in [4.78, 5) is 32.8. The third-order valence-electron chi connectivity index (χ3n) is 5.02. The number of rotatable bonds is 4. The van der Waals surface area contributed by atoms with Crippen molar-refractivity contribution in [2.45, 2.75) is 50.4 Å². The summed E-state index contributed by atoms with van der Waals surface area (Å²) in [7, 11) is 0. The number of hydroxylamine groups is 2. The second-order valence-electron chi connectivity index (χ2n) is 6.98. The average Bonchev–Trinajstić information content (AvgIpc) is 3.25. The quantitative estimate of drug-likeness (QED) is 0.418. The zero-order valence-corrected chi connectivity index (χ0v) is 15.6. The molecule has 0 aliphatic carbocycles. The number of carbonyl (C=O) groups excluding carboxylic acids is 2. The van der Waals surface area contributed by atoms with E-state index in [2.05, 4.69) is 20.8 Å². The van der Waals surface area contributed by atoms with Gasteiger partial charge in [0.05, 0.1) is 12.8 Å². The molecule has 3 N–H and O–H groups in total. The lowest BCUT2D eigenvalue weighted by atomic mass is 9.78. The predicted octanol–water partition coefficient (Wildman–Crippen LogP) is 2.19. The Balaban J connectivity index is 1.91. The lowest BCUT2D eigenvalue weighted by Gasteiger charge is -2.32. The van der Waals surface area contributed by atoms with Gasteiger partial charge in [-0.2, -0.15) is 0 Å². The molecule has 2 aromatic rings. The summed E-state index contributed by atoms with van der Waals surface area (Å²) in [5.41, 5.74) is 5.03. The maximum atomic E-state index is 13.2. The summed E-state index contributed by atoms with van der Waals surface area (Å²) in [5, 5.41) is 10.3. The Labute approximate surface area is 163 Å². The van der Waals surface area contributed by atoms with Crippen LogP contribution in [0.1, 0.15) is 50.0 Å². The molecule has 28 heavy (non-hydrogen) atoms. The molecule has 9 nitrogen and oxygen atoms in total. The Morgan fingerprint density at radius 3 is 2.82 bits per heavy atom. The molecule has 1 aliphatic heterocycles. The van der Waals surface area contributed by atoms with Gasteiger partial charge in [-0.3, -0.25) is 25.6 Å². The van der Waals surface area contributed by atoms with Crippen molar-refractivity contribution < 1.29 is 19.2 Å². The zero-order valence-electron chi connectivity index (χ0n) is 15.6. The molecule has 2 aromatic heterocycles. The second-order valence-corrected chi connectivity index (χ2v) is 6.98. The van der Waals surface area contributed by atoms with Crippen molar-refractivity contribution in [3.05, 3.63) is 42.1 Å². The van der Waals surface area contributed by atoms with Crippen LogP contribution in [0.2, 0.25) is 0 Å². The summed E-state index contributed by atoms with van der Waals surface area (Å²) in [6.07, 6.45) is 9.48. The first-order valence-electron chi connectivity index (χ1n) is 9.47. The first-order chi connectivity index (χ1) is 13.6. The van der Waals surface area contributed by atoms with Crippen LogP contribution < -0.4 is 10.9 Å². The number of aryl methyl sites for hydroxylation is 1. The molecule has 150 valence electrons. The van der Waals surface area contributed by atoms with Gasteiger partial charge in [-0.05, 0) is 37.5 Å². The summed E-state index contributed by atoms with van der Waals surface area (Å²) < 4.78 is 5.53. The first-order valence-corrected chi connectivity index (χ1v) is 9.47. The summed E-state index contributed by atoms with van der Waals surface area (Å²) in [6.45, 7) is -0.224. The molecule has 0 radical (unpaired) electrons. The smallest absolute Gasteiger partial charge is 0.254 e. The van der Waals surface area contributed by atoms with E-state index in [9.17, 15) is 14.8 Å². The van der Waals surface area contributed by atoms with E-state index in [0.29, 0.717) is 17.2 Å². The molecule has 1 atom stereocenters. The molecule has 2 amide bonds. The Hall–Kier alpha value is -2.94. The highest BCUT2D eigenvalue weighted by Gasteiger charge is 2.44. The highest BCUT2D eigenvalue weighted by molar-refractivity contribution is 5.88. The molecule has 0 saturated carbocycles. The van der Waals surface area contributed by atoms with E-state index in [0.717, 1.165) is 44.2 Å². The number of aromatic nitrogens is 2. The fraction of sp³-hybridized carbons (Fsp3) is 0.474. The topological polar surface area (TPSA) is 121 Å². The lowest BCUT2D eigenvalue weighted by Crippen LogP contribution is -2.52. The Bertz CT molecular complexity index is 782. The van der Waals surface area contributed by atoms with Gasteiger partial charge >= 0.3 is 0 Å². The fourth-order valence-electron chi connectivity index (χ4n) is 3.53. The van der Waals surface area contributed by atoms with Crippen LogP contribution in [-0.2, 0) is 21.4 Å². The minimum Gasteiger partial charge on any atom is -0.468 e. The normalized spacial score (nSPS) is 21.1. The Morgan fingerprint density at radius 1 is 1.21 bits per heavy atom. The average molecular weight is 387 g/mol. The highest BCUT2D eigenvalue weighted by atomic mass is 16.5. The van der Waals surface area contributed by atoms with E-state index in [-0.39, 0.29) is 18.9 Å². The number of fused-ring (bicyclic) bond motifs is 2. The van der Waals surface area contributed by atoms with E-state index in [1.807, 2.05) is 6.07 Å². The minimum atomic E-state index is -1.24. The molecule has 0 saturated heterocycles. The minimum absolute atomic E-state index is 0.224. The van der Waals surface area contributed by atoms with Gasteiger partial charge in [0.1, 0.15) is 11.2 Å². The zero-order chi connectivity index (χ0) is 19.8. The van der Waals surface area contributed by atoms with Gasteiger partial charge in [-0.1, -0.05) is 25.7 Å². The van der Waals surface area contributed by atoms with Crippen molar-refractivity contribution in [1.82, 2.24) is 20.5 Å². The number of anilines is 1. The Morgan fingerprint density at radius 2 is 2.04 bits per heavy atom. The van der Waals surface area contributed by atoms with Gasteiger partial charge in [-0.15, -0.1) is 0 Å². The van der Waals surface area contributed by atoms with Crippen LogP contribution in [0.5, 0.6) is 0 Å². The van der Waals surface area contributed by atoms with E-state index >= 15 is 0 Å². The number of hydrogen-bond acceptors (Lipinski definition) is 7. The van der Waals surface area contributed by atoms with Crippen LogP contribution in [0.15, 0.2) is 35.1 Å². The highest BCUT2D eigenvalue weighted by Crippen LogP contribution is 2.32. The van der Waals surface area contributed by atoms with Gasteiger partial charge in [0, 0.05) is 11.9 Å². The molecule has 0 fully saturated rings. The van der Waals surface area contributed by atoms with Crippen LogP contribution >= 0.6 is 0 Å². The maximum Gasteiger partial charge on any atom is 0.254 e. The van der Waals surface area contributed by atoms with Crippen LogP contribution in [0.3, 0.4) is 0 Å². The number of hydrogen-bond donors (Lipinski definition) is 3. The number of carbonyl (C=O) groups is 2. The predicted molar refractivity (Wildman–Crippen MR) is 100 cm³/mol. The molecular formula is C19H25N5O4. The van der Waals surface area contributed by atoms with Crippen molar-refractivity contribution in [2.75, 3.05) is 12.0 Å². The summed E-state index contributed by atoms with van der Waals surface area (Å²) in [6, 6.07) is 5.22. The molecular weight excluding hydrogens is 362 g/mol. The van der Waals surface area contributed by atoms with Crippen molar-refractivity contribution in [3.8, 4) is 0 Å². The van der Waals surface area contributed by atoms with E-state index < -0.39 is 11.3 Å². The van der Waals surface area contributed by atoms with Crippen LogP contribution in [-0.4, -0.2) is 39.1 Å². The molecule has 3 heterocycles. The lowest BCUT2D eigenvalue weighted by molar-refractivity contribution is -0.157.